The molecule has 1 aromatic heterocycles. The summed E-state index contributed by atoms with van der Waals surface area (Å²) >= 11 is 2.25. The third-order valence-electron chi connectivity index (χ3n) is 4.87. The van der Waals surface area contributed by atoms with Crippen LogP contribution >= 0.6 is 22.6 Å². The van der Waals surface area contributed by atoms with E-state index in [0.717, 1.165) is 33.7 Å². The van der Waals surface area contributed by atoms with Crippen LogP contribution in [0.2, 0.25) is 0 Å². The van der Waals surface area contributed by atoms with E-state index in [2.05, 4.69) is 34.1 Å². The maximum atomic E-state index is 10.7. The Bertz CT molecular complexity index is 749. The van der Waals surface area contributed by atoms with Gasteiger partial charge in [-0.05, 0) is 54.0 Å². The van der Waals surface area contributed by atoms with Crippen molar-refractivity contribution in [2.75, 3.05) is 0 Å². The van der Waals surface area contributed by atoms with E-state index in [9.17, 15) is 10.2 Å². The molecule has 2 atom stereocenters. The van der Waals surface area contributed by atoms with Gasteiger partial charge in [-0.25, -0.2) is 0 Å². The van der Waals surface area contributed by atoms with Crippen LogP contribution in [0.1, 0.15) is 39.0 Å². The molecule has 0 saturated carbocycles. The molecule has 0 amide bonds. The molecule has 1 radical (unpaired) electrons. The van der Waals surface area contributed by atoms with Crippen molar-refractivity contribution < 1.29 is 47.7 Å². The molecule has 4 rings (SSSR count). The summed E-state index contributed by atoms with van der Waals surface area (Å²) in [5.74, 6) is 0.518. The van der Waals surface area contributed by atoms with E-state index in [1.807, 2.05) is 18.3 Å². The smallest absolute Gasteiger partial charge is 0.141 e. The largest absolute Gasteiger partial charge is 0.507 e. The SMILES string of the molecule is C[C-]1CC2(O)CCCC(n3cc(I)c4c(O)cccc43)(C1)O2.[Y]. The van der Waals surface area contributed by atoms with Crippen molar-refractivity contribution in [1.82, 2.24) is 4.57 Å². The molecular formula is C17H19INO3Y-. The molecule has 2 unspecified atom stereocenters. The van der Waals surface area contributed by atoms with Crippen LogP contribution in [0, 0.1) is 9.49 Å². The number of hydrogen-bond acceptors (Lipinski definition) is 3. The van der Waals surface area contributed by atoms with Gasteiger partial charge in [-0.15, -0.1) is 12.8 Å². The summed E-state index contributed by atoms with van der Waals surface area (Å²) in [6.07, 6.45) is 5.98. The first kappa shape index (κ1) is 18.1. The number of aromatic nitrogens is 1. The van der Waals surface area contributed by atoms with Crippen LogP contribution in [0.5, 0.6) is 5.75 Å². The van der Waals surface area contributed by atoms with Gasteiger partial charge in [-0.1, -0.05) is 6.07 Å². The number of phenolic OH excluding ortho intramolecular Hbond substituents is 1. The van der Waals surface area contributed by atoms with Crippen LogP contribution in [-0.4, -0.2) is 20.6 Å². The first-order valence-electron chi connectivity index (χ1n) is 7.65. The molecular weight excluding hydrogens is 482 g/mol. The van der Waals surface area contributed by atoms with Gasteiger partial charge in [0.05, 0.1) is 10.9 Å². The van der Waals surface area contributed by atoms with Gasteiger partial charge >= 0.3 is 0 Å². The summed E-state index contributed by atoms with van der Waals surface area (Å²) < 4.78 is 9.35. The Morgan fingerprint density at radius 2 is 2.09 bits per heavy atom. The molecule has 121 valence electrons. The number of benzene rings is 1. The Balaban J connectivity index is 0.00000156. The minimum atomic E-state index is -1.04. The summed E-state index contributed by atoms with van der Waals surface area (Å²) in [6, 6.07) is 5.57. The molecule has 2 aliphatic rings. The molecule has 4 nitrogen and oxygen atoms in total. The molecule has 6 heteroatoms. The van der Waals surface area contributed by atoms with Crippen LogP contribution in [0.4, 0.5) is 0 Å². The summed E-state index contributed by atoms with van der Waals surface area (Å²) in [5, 5.41) is 21.8. The summed E-state index contributed by atoms with van der Waals surface area (Å²) in [7, 11) is 0. The van der Waals surface area contributed by atoms with Gasteiger partial charge in [0.1, 0.15) is 17.3 Å². The number of aliphatic hydroxyl groups is 1. The number of phenols is 1. The van der Waals surface area contributed by atoms with Gasteiger partial charge in [-0.3, -0.25) is 0 Å². The molecule has 2 aromatic rings. The first-order valence-corrected chi connectivity index (χ1v) is 8.73. The molecule has 23 heavy (non-hydrogen) atoms. The van der Waals surface area contributed by atoms with Crippen LogP contribution < -0.4 is 0 Å². The fourth-order valence-corrected chi connectivity index (χ4v) is 5.00. The Morgan fingerprint density at radius 1 is 1.30 bits per heavy atom. The van der Waals surface area contributed by atoms with Crippen LogP contribution in [0.3, 0.4) is 0 Å². The predicted octanol–water partition coefficient (Wildman–Crippen LogP) is 3.88. The van der Waals surface area contributed by atoms with Gasteiger partial charge in [0.15, 0.2) is 0 Å². The topological polar surface area (TPSA) is 54.6 Å². The van der Waals surface area contributed by atoms with Crippen LogP contribution in [-0.2, 0) is 43.2 Å². The molecule has 1 aromatic carbocycles. The Labute approximate surface area is 174 Å². The zero-order chi connectivity index (χ0) is 15.5. The Kier molecular flexibility index (Phi) is 4.91. The van der Waals surface area contributed by atoms with E-state index in [4.69, 9.17) is 4.74 Å². The second kappa shape index (κ2) is 6.24. The molecule has 0 spiro atoms. The average Bonchev–Trinajstić information content (AvgIpc) is 2.76. The van der Waals surface area contributed by atoms with Crippen molar-refractivity contribution in [3.63, 3.8) is 0 Å². The quantitative estimate of drug-likeness (QED) is 0.461. The zero-order valence-electron chi connectivity index (χ0n) is 13.1. The number of hydrogen-bond donors (Lipinski definition) is 2. The third kappa shape index (κ3) is 2.90. The molecule has 2 aliphatic heterocycles. The van der Waals surface area contributed by atoms with E-state index in [0.29, 0.717) is 18.6 Å². The average molecular weight is 501 g/mol. The standard InChI is InChI=1S/C17H19INO3.Y/c1-11-8-16(6-3-7-17(21,9-11)22-16)19-10-12(18)15-13(19)4-2-5-14(15)20;/h2,4-5,10,20-21H,3,6-9H2,1H3;/q-1;. The number of fused-ring (bicyclic) bond motifs is 3. The van der Waals surface area contributed by atoms with Gasteiger partial charge in [0.2, 0.25) is 0 Å². The van der Waals surface area contributed by atoms with Gasteiger partial charge in [0.25, 0.3) is 0 Å². The molecule has 2 saturated heterocycles. The minimum absolute atomic E-state index is 0. The number of halogens is 1. The Hall–Kier alpha value is 0.314. The summed E-state index contributed by atoms with van der Waals surface area (Å²) in [6.45, 7) is 2.10. The molecule has 2 bridgehead atoms. The monoisotopic (exact) mass is 501 g/mol. The maximum Gasteiger partial charge on any atom is 0.141 e. The number of ether oxygens (including phenoxy) is 1. The van der Waals surface area contributed by atoms with Crippen molar-refractivity contribution in [3.05, 3.63) is 33.9 Å². The van der Waals surface area contributed by atoms with Gasteiger partial charge in [-0.2, -0.15) is 6.92 Å². The molecule has 0 aliphatic carbocycles. The van der Waals surface area contributed by atoms with Crippen molar-refractivity contribution >= 4 is 33.5 Å². The normalized spacial score (nSPS) is 31.1. The first-order chi connectivity index (χ1) is 10.4. The predicted molar refractivity (Wildman–Crippen MR) is 92.3 cm³/mol. The van der Waals surface area contributed by atoms with Gasteiger partial charge in [0, 0.05) is 42.5 Å². The Morgan fingerprint density at radius 3 is 2.87 bits per heavy atom. The van der Waals surface area contributed by atoms with Crippen molar-refractivity contribution in [3.8, 4) is 5.75 Å². The molecule has 2 N–H and O–H groups in total. The van der Waals surface area contributed by atoms with Crippen molar-refractivity contribution in [2.24, 2.45) is 0 Å². The number of rotatable bonds is 1. The molecule has 3 heterocycles. The summed E-state index contributed by atoms with van der Waals surface area (Å²) in [4.78, 5) is 0. The second-order valence-electron chi connectivity index (χ2n) is 6.68. The maximum absolute atomic E-state index is 10.7. The van der Waals surface area contributed by atoms with E-state index in [1.54, 1.807) is 6.07 Å². The number of aromatic hydroxyl groups is 1. The van der Waals surface area contributed by atoms with Crippen LogP contribution in [0.25, 0.3) is 10.9 Å². The van der Waals surface area contributed by atoms with E-state index in [1.165, 1.54) is 5.92 Å². The molecule has 2 fully saturated rings. The third-order valence-corrected chi connectivity index (χ3v) is 5.69. The van der Waals surface area contributed by atoms with E-state index >= 15 is 0 Å². The van der Waals surface area contributed by atoms with E-state index in [-0.39, 0.29) is 32.7 Å². The van der Waals surface area contributed by atoms with E-state index < -0.39 is 11.5 Å². The minimum Gasteiger partial charge on any atom is -0.507 e. The van der Waals surface area contributed by atoms with Crippen molar-refractivity contribution in [2.45, 2.75) is 50.5 Å². The second-order valence-corrected chi connectivity index (χ2v) is 7.84. The van der Waals surface area contributed by atoms with Gasteiger partial charge < -0.3 is 25.4 Å². The zero-order valence-corrected chi connectivity index (χ0v) is 18.0. The number of nitrogens with zero attached hydrogens (tertiary/aromatic N) is 1. The fourth-order valence-electron chi connectivity index (χ4n) is 4.16. The van der Waals surface area contributed by atoms with Crippen molar-refractivity contribution in [1.29, 1.82) is 0 Å². The van der Waals surface area contributed by atoms with Crippen LogP contribution in [0.15, 0.2) is 24.4 Å². The summed E-state index contributed by atoms with van der Waals surface area (Å²) in [5.41, 5.74) is 0.425. The fraction of sp³-hybridized carbons (Fsp3) is 0.471.